The van der Waals surface area contributed by atoms with Gasteiger partial charge in [-0.1, -0.05) is 67.2 Å². The first-order valence-electron chi connectivity index (χ1n) is 4.72. The lowest BCUT2D eigenvalue weighted by atomic mass is 9.96. The molecule has 0 bridgehead atoms. The maximum absolute atomic E-state index is 6.25. The molecular formula is C11H10Br2Cl2. The Bertz CT molecular complexity index is 381. The van der Waals surface area contributed by atoms with Gasteiger partial charge in [0.25, 0.3) is 0 Å². The molecule has 1 aromatic carbocycles. The molecule has 15 heavy (non-hydrogen) atoms. The van der Waals surface area contributed by atoms with Gasteiger partial charge in [-0.25, -0.2) is 0 Å². The van der Waals surface area contributed by atoms with E-state index >= 15 is 0 Å². The monoisotopic (exact) mass is 370 g/mol. The highest BCUT2D eigenvalue weighted by molar-refractivity contribution is 9.09. The van der Waals surface area contributed by atoms with E-state index in [-0.39, 0.29) is 5.41 Å². The molecule has 82 valence electrons. The smallest absolute Gasteiger partial charge is 0.0630 e. The summed E-state index contributed by atoms with van der Waals surface area (Å²) in [6.07, 6.45) is 1.17. The van der Waals surface area contributed by atoms with Crippen molar-refractivity contribution in [1.82, 2.24) is 0 Å². The fourth-order valence-electron chi connectivity index (χ4n) is 2.04. The first kappa shape index (κ1) is 12.2. The molecular weight excluding hydrogens is 363 g/mol. The molecule has 1 saturated carbocycles. The number of benzene rings is 1. The molecule has 0 heterocycles. The normalized spacial score (nSPS) is 29.2. The second-order valence-electron chi connectivity index (χ2n) is 3.95. The van der Waals surface area contributed by atoms with Crippen molar-refractivity contribution in [2.45, 2.75) is 11.8 Å². The van der Waals surface area contributed by atoms with Crippen LogP contribution in [-0.4, -0.2) is 10.7 Å². The summed E-state index contributed by atoms with van der Waals surface area (Å²) in [5.74, 6) is 0.660. The Morgan fingerprint density at radius 1 is 1.33 bits per heavy atom. The average Bonchev–Trinajstić information content (AvgIpc) is 2.97. The minimum atomic E-state index is 0.186. The first-order chi connectivity index (χ1) is 7.15. The number of hydrogen-bond acceptors (Lipinski definition) is 0. The summed E-state index contributed by atoms with van der Waals surface area (Å²) in [6.45, 7) is 0. The van der Waals surface area contributed by atoms with Crippen molar-refractivity contribution in [1.29, 1.82) is 0 Å². The fourth-order valence-corrected chi connectivity index (χ4v) is 4.36. The number of halogens is 4. The van der Waals surface area contributed by atoms with Gasteiger partial charge in [-0.05, 0) is 24.0 Å². The molecule has 0 N–H and O–H groups in total. The second kappa shape index (κ2) is 4.56. The van der Waals surface area contributed by atoms with Crippen LogP contribution in [0.2, 0.25) is 10.0 Å². The van der Waals surface area contributed by atoms with E-state index in [9.17, 15) is 0 Å². The Morgan fingerprint density at radius 3 is 2.60 bits per heavy atom. The molecule has 2 unspecified atom stereocenters. The Kier molecular flexibility index (Phi) is 3.71. The maximum Gasteiger partial charge on any atom is 0.0630 e. The van der Waals surface area contributed by atoms with Crippen LogP contribution in [0.4, 0.5) is 0 Å². The third kappa shape index (κ3) is 1.99. The van der Waals surface area contributed by atoms with E-state index in [1.165, 1.54) is 12.0 Å². The highest BCUT2D eigenvalue weighted by Crippen LogP contribution is 2.58. The summed E-state index contributed by atoms with van der Waals surface area (Å²) in [7, 11) is 0. The molecule has 1 aliphatic carbocycles. The van der Waals surface area contributed by atoms with Gasteiger partial charge in [0.15, 0.2) is 0 Å². The maximum atomic E-state index is 6.25. The predicted octanol–water partition coefficient (Wildman–Crippen LogP) is 5.04. The van der Waals surface area contributed by atoms with Crippen LogP contribution in [0.15, 0.2) is 18.2 Å². The van der Waals surface area contributed by atoms with Crippen molar-refractivity contribution in [3.8, 4) is 0 Å². The van der Waals surface area contributed by atoms with Crippen LogP contribution in [0.5, 0.6) is 0 Å². The molecule has 0 aromatic heterocycles. The Labute approximate surface area is 117 Å². The van der Waals surface area contributed by atoms with Gasteiger partial charge in [-0.15, -0.1) is 0 Å². The van der Waals surface area contributed by atoms with Gasteiger partial charge in [0.1, 0.15) is 0 Å². The zero-order valence-electron chi connectivity index (χ0n) is 7.94. The summed E-state index contributed by atoms with van der Waals surface area (Å²) >= 11 is 19.4. The molecule has 1 fully saturated rings. The summed E-state index contributed by atoms with van der Waals surface area (Å²) in [5.41, 5.74) is 1.36. The third-order valence-corrected chi connectivity index (χ3v) is 5.75. The molecule has 2 rings (SSSR count). The largest absolute Gasteiger partial charge is 0.0925 e. The lowest BCUT2D eigenvalue weighted by Gasteiger charge is -2.16. The van der Waals surface area contributed by atoms with Crippen LogP contribution in [-0.2, 0) is 5.41 Å². The average molecular weight is 373 g/mol. The van der Waals surface area contributed by atoms with Gasteiger partial charge in [-0.2, -0.15) is 0 Å². The minimum Gasteiger partial charge on any atom is -0.0925 e. The summed E-state index contributed by atoms with van der Waals surface area (Å²) in [4.78, 5) is 0. The van der Waals surface area contributed by atoms with Crippen LogP contribution >= 0.6 is 55.1 Å². The Hall–Kier alpha value is 0.760. The van der Waals surface area contributed by atoms with Crippen LogP contribution < -0.4 is 0 Å². The van der Waals surface area contributed by atoms with E-state index in [1.54, 1.807) is 0 Å². The van der Waals surface area contributed by atoms with Crippen molar-refractivity contribution >= 4 is 55.1 Å². The van der Waals surface area contributed by atoms with Crippen molar-refractivity contribution in [2.75, 3.05) is 10.7 Å². The highest BCUT2D eigenvalue weighted by atomic mass is 79.9. The molecule has 0 saturated heterocycles. The Morgan fingerprint density at radius 2 is 2.07 bits per heavy atom. The summed E-state index contributed by atoms with van der Waals surface area (Å²) in [6, 6.07) is 5.89. The number of rotatable bonds is 3. The molecule has 0 aliphatic heterocycles. The number of alkyl halides is 2. The van der Waals surface area contributed by atoms with Gasteiger partial charge >= 0.3 is 0 Å². The van der Waals surface area contributed by atoms with Gasteiger partial charge in [0.05, 0.1) is 10.0 Å². The van der Waals surface area contributed by atoms with Gasteiger partial charge in [0, 0.05) is 16.1 Å². The van der Waals surface area contributed by atoms with E-state index in [1.807, 2.05) is 12.1 Å². The second-order valence-corrected chi connectivity index (χ2v) is 5.94. The van der Waals surface area contributed by atoms with Crippen LogP contribution in [0.25, 0.3) is 0 Å². The van der Waals surface area contributed by atoms with Gasteiger partial charge in [-0.3, -0.25) is 0 Å². The van der Waals surface area contributed by atoms with Crippen LogP contribution in [0.3, 0.4) is 0 Å². The van der Waals surface area contributed by atoms with Crippen molar-refractivity contribution in [2.24, 2.45) is 5.92 Å². The predicted molar refractivity (Wildman–Crippen MR) is 73.8 cm³/mol. The molecule has 0 spiro atoms. The summed E-state index contributed by atoms with van der Waals surface area (Å²) in [5, 5.41) is 3.31. The topological polar surface area (TPSA) is 0 Å². The van der Waals surface area contributed by atoms with Crippen molar-refractivity contribution < 1.29 is 0 Å². The number of hydrogen-bond donors (Lipinski definition) is 0. The summed E-state index contributed by atoms with van der Waals surface area (Å²) < 4.78 is 0. The van der Waals surface area contributed by atoms with Crippen molar-refractivity contribution in [3.63, 3.8) is 0 Å². The first-order valence-corrected chi connectivity index (χ1v) is 7.72. The van der Waals surface area contributed by atoms with Gasteiger partial charge < -0.3 is 0 Å². The third-order valence-electron chi connectivity index (χ3n) is 3.14. The van der Waals surface area contributed by atoms with E-state index in [0.29, 0.717) is 16.0 Å². The molecule has 0 nitrogen and oxygen atoms in total. The zero-order valence-corrected chi connectivity index (χ0v) is 12.6. The fraction of sp³-hybridized carbons (Fsp3) is 0.455. The lowest BCUT2D eigenvalue weighted by Crippen LogP contribution is -2.13. The SMILES string of the molecule is Clc1cccc(C2(CBr)CC2CBr)c1Cl. The van der Waals surface area contributed by atoms with E-state index in [0.717, 1.165) is 10.7 Å². The van der Waals surface area contributed by atoms with E-state index in [4.69, 9.17) is 23.2 Å². The highest BCUT2D eigenvalue weighted by Gasteiger charge is 2.54. The van der Waals surface area contributed by atoms with E-state index in [2.05, 4.69) is 37.9 Å². The van der Waals surface area contributed by atoms with Crippen molar-refractivity contribution in [3.05, 3.63) is 33.8 Å². The quantitative estimate of drug-likeness (QED) is 0.652. The minimum absolute atomic E-state index is 0.186. The van der Waals surface area contributed by atoms with E-state index < -0.39 is 0 Å². The molecule has 4 heteroatoms. The lowest BCUT2D eigenvalue weighted by molar-refractivity contribution is 0.727. The zero-order chi connectivity index (χ0) is 11.1. The molecule has 1 aromatic rings. The van der Waals surface area contributed by atoms with Crippen LogP contribution in [0, 0.1) is 5.92 Å². The molecule has 2 atom stereocenters. The van der Waals surface area contributed by atoms with Gasteiger partial charge in [0.2, 0.25) is 0 Å². The standard InChI is InChI=1S/C11H10Br2Cl2/c12-5-7-4-11(7,6-13)8-2-1-3-9(14)10(8)15/h1-3,7H,4-6H2. The van der Waals surface area contributed by atoms with Crippen LogP contribution in [0.1, 0.15) is 12.0 Å². The Balaban J connectivity index is 2.41. The molecule has 0 radical (unpaired) electrons. The molecule has 1 aliphatic rings. The molecule has 0 amide bonds.